The zero-order valence-electron chi connectivity index (χ0n) is 13.1. The lowest BCUT2D eigenvalue weighted by atomic mass is 9.74. The highest BCUT2D eigenvalue weighted by Crippen LogP contribution is 2.39. The van der Waals surface area contributed by atoms with E-state index in [2.05, 4.69) is 45.1 Å². The fourth-order valence-electron chi connectivity index (χ4n) is 3.77. The van der Waals surface area contributed by atoms with Gasteiger partial charge in [-0.15, -0.1) is 11.3 Å². The minimum absolute atomic E-state index is 0.118. The average molecular weight is 302 g/mol. The number of aldehydes is 1. The van der Waals surface area contributed by atoms with Crippen molar-refractivity contribution >= 4 is 27.8 Å². The highest BCUT2D eigenvalue weighted by atomic mass is 32.1. The molecule has 1 aliphatic rings. The Morgan fingerprint density at radius 2 is 1.90 bits per heavy atom. The summed E-state index contributed by atoms with van der Waals surface area (Å²) in [7, 11) is 0. The number of carbonyl (C=O) groups is 1. The van der Waals surface area contributed by atoms with E-state index in [1.165, 1.54) is 11.3 Å². The highest BCUT2D eigenvalue weighted by molar-refractivity contribution is 7.20. The topological polar surface area (TPSA) is 42.0 Å². The van der Waals surface area contributed by atoms with Crippen LogP contribution in [0.25, 0.3) is 10.2 Å². The fraction of sp³-hybridized carbons (Fsp3) is 0.529. The number of carbonyl (C=O) groups excluding carboxylic acids is 1. The third-order valence-corrected chi connectivity index (χ3v) is 5.12. The number of pyridine rings is 1. The third kappa shape index (κ3) is 3.01. The molecule has 0 bridgehead atoms. The summed E-state index contributed by atoms with van der Waals surface area (Å²) in [6, 6.07) is 6.15. The number of hydrogen-bond acceptors (Lipinski definition) is 4. The van der Waals surface area contributed by atoms with E-state index in [1.807, 2.05) is 6.07 Å². The molecule has 2 aromatic heterocycles. The first-order valence-electron chi connectivity index (χ1n) is 7.43. The van der Waals surface area contributed by atoms with E-state index in [-0.39, 0.29) is 11.1 Å². The molecule has 1 fully saturated rings. The standard InChI is InChI=1S/C17H22N2OS/c1-16(2)8-12(9-17(3,4)19-16)14-6-5-11-7-13(10-20)21-15(11)18-14/h5-7,10,12,19H,8-9H2,1-4H3. The van der Waals surface area contributed by atoms with E-state index in [1.54, 1.807) is 0 Å². The average Bonchev–Trinajstić information content (AvgIpc) is 2.76. The van der Waals surface area contributed by atoms with Gasteiger partial charge in [0.2, 0.25) is 0 Å². The molecule has 3 heterocycles. The molecule has 3 nitrogen and oxygen atoms in total. The second kappa shape index (κ2) is 4.89. The minimum Gasteiger partial charge on any atom is -0.307 e. The molecule has 0 amide bonds. The summed E-state index contributed by atoms with van der Waals surface area (Å²) < 4.78 is 0. The Balaban J connectivity index is 1.97. The molecule has 0 saturated carbocycles. The largest absolute Gasteiger partial charge is 0.307 e. The molecule has 0 aliphatic carbocycles. The van der Waals surface area contributed by atoms with Crippen LogP contribution in [-0.2, 0) is 0 Å². The van der Waals surface area contributed by atoms with Crippen molar-refractivity contribution in [2.24, 2.45) is 0 Å². The van der Waals surface area contributed by atoms with Gasteiger partial charge in [-0.05, 0) is 52.7 Å². The fourth-order valence-corrected chi connectivity index (χ4v) is 4.62. The second-order valence-corrected chi connectivity index (χ2v) is 8.46. The molecule has 3 rings (SSSR count). The Labute approximate surface area is 129 Å². The second-order valence-electron chi connectivity index (χ2n) is 7.40. The highest BCUT2D eigenvalue weighted by Gasteiger charge is 2.38. The Hall–Kier alpha value is -1.26. The Morgan fingerprint density at radius 1 is 1.24 bits per heavy atom. The Morgan fingerprint density at radius 3 is 2.52 bits per heavy atom. The molecule has 21 heavy (non-hydrogen) atoms. The molecule has 0 spiro atoms. The number of piperidine rings is 1. The van der Waals surface area contributed by atoms with Crippen LogP contribution in [0.5, 0.6) is 0 Å². The van der Waals surface area contributed by atoms with Gasteiger partial charge in [0.1, 0.15) is 4.83 Å². The van der Waals surface area contributed by atoms with Crippen LogP contribution in [0.3, 0.4) is 0 Å². The molecular formula is C17H22N2OS. The molecule has 0 unspecified atom stereocenters. The van der Waals surface area contributed by atoms with Crippen molar-refractivity contribution in [1.29, 1.82) is 0 Å². The van der Waals surface area contributed by atoms with Crippen molar-refractivity contribution in [3.05, 3.63) is 28.8 Å². The van der Waals surface area contributed by atoms with Crippen LogP contribution < -0.4 is 5.32 Å². The smallest absolute Gasteiger partial charge is 0.160 e. The van der Waals surface area contributed by atoms with Crippen LogP contribution in [0.15, 0.2) is 18.2 Å². The van der Waals surface area contributed by atoms with E-state index >= 15 is 0 Å². The van der Waals surface area contributed by atoms with Gasteiger partial charge in [-0.2, -0.15) is 0 Å². The van der Waals surface area contributed by atoms with Crippen LogP contribution >= 0.6 is 11.3 Å². The molecule has 0 radical (unpaired) electrons. The number of hydrogen-bond donors (Lipinski definition) is 1. The van der Waals surface area contributed by atoms with Crippen molar-refractivity contribution in [2.45, 2.75) is 57.5 Å². The van der Waals surface area contributed by atoms with Crippen molar-refractivity contribution in [3.63, 3.8) is 0 Å². The van der Waals surface area contributed by atoms with Crippen LogP contribution in [-0.4, -0.2) is 22.3 Å². The Kier molecular flexibility index (Phi) is 3.41. The van der Waals surface area contributed by atoms with Gasteiger partial charge in [0.05, 0.1) is 4.88 Å². The third-order valence-electron chi connectivity index (χ3n) is 4.15. The van der Waals surface area contributed by atoms with Gasteiger partial charge in [-0.1, -0.05) is 6.07 Å². The molecule has 1 aliphatic heterocycles. The number of fused-ring (bicyclic) bond motifs is 1. The van der Waals surface area contributed by atoms with Gasteiger partial charge in [-0.25, -0.2) is 4.98 Å². The summed E-state index contributed by atoms with van der Waals surface area (Å²) in [4.78, 5) is 17.5. The molecule has 4 heteroatoms. The Bertz CT molecular complexity index is 671. The number of thiophene rings is 1. The minimum atomic E-state index is 0.118. The van der Waals surface area contributed by atoms with Crippen molar-refractivity contribution < 1.29 is 4.79 Å². The van der Waals surface area contributed by atoms with Gasteiger partial charge in [0, 0.05) is 28.1 Å². The van der Waals surface area contributed by atoms with Crippen molar-refractivity contribution in [1.82, 2.24) is 10.3 Å². The first-order valence-corrected chi connectivity index (χ1v) is 8.25. The van der Waals surface area contributed by atoms with Crippen LogP contribution in [0.4, 0.5) is 0 Å². The van der Waals surface area contributed by atoms with Crippen LogP contribution in [0, 0.1) is 0 Å². The summed E-state index contributed by atoms with van der Waals surface area (Å²) in [6.07, 6.45) is 3.07. The maximum atomic E-state index is 10.9. The molecule has 112 valence electrons. The molecule has 0 aromatic carbocycles. The zero-order valence-corrected chi connectivity index (χ0v) is 13.9. The number of aromatic nitrogens is 1. The lowest BCUT2D eigenvalue weighted by molar-refractivity contribution is 0.112. The van der Waals surface area contributed by atoms with Gasteiger partial charge in [0.25, 0.3) is 0 Å². The SMILES string of the molecule is CC1(C)CC(c2ccc3cc(C=O)sc3n2)CC(C)(C)N1. The quantitative estimate of drug-likeness (QED) is 0.848. The molecule has 1 saturated heterocycles. The van der Waals surface area contributed by atoms with Crippen molar-refractivity contribution in [3.8, 4) is 0 Å². The molecule has 1 N–H and O–H groups in total. The summed E-state index contributed by atoms with van der Waals surface area (Å²) in [5.41, 5.74) is 1.39. The van der Waals surface area contributed by atoms with Crippen LogP contribution in [0.2, 0.25) is 0 Å². The summed E-state index contributed by atoms with van der Waals surface area (Å²) in [6.45, 7) is 9.04. The van der Waals surface area contributed by atoms with Gasteiger partial charge in [0.15, 0.2) is 6.29 Å². The number of nitrogens with zero attached hydrogens (tertiary/aromatic N) is 1. The van der Waals surface area contributed by atoms with E-state index in [4.69, 9.17) is 4.98 Å². The maximum Gasteiger partial charge on any atom is 0.160 e. The molecule has 2 aromatic rings. The lowest BCUT2D eigenvalue weighted by Crippen LogP contribution is -2.57. The predicted octanol–water partition coefficient (Wildman–Crippen LogP) is 4.13. The van der Waals surface area contributed by atoms with E-state index in [0.29, 0.717) is 5.92 Å². The molecule has 0 atom stereocenters. The summed E-state index contributed by atoms with van der Waals surface area (Å²) >= 11 is 1.48. The van der Waals surface area contributed by atoms with Crippen molar-refractivity contribution in [2.75, 3.05) is 0 Å². The van der Waals surface area contributed by atoms with Gasteiger partial charge in [-0.3, -0.25) is 4.79 Å². The number of rotatable bonds is 2. The van der Waals surface area contributed by atoms with E-state index in [0.717, 1.165) is 39.9 Å². The first-order chi connectivity index (χ1) is 9.78. The normalized spacial score (nSPS) is 21.5. The first kappa shape index (κ1) is 14.7. The maximum absolute atomic E-state index is 10.9. The zero-order chi connectivity index (χ0) is 15.3. The predicted molar refractivity (Wildman–Crippen MR) is 88.3 cm³/mol. The summed E-state index contributed by atoms with van der Waals surface area (Å²) in [5, 5.41) is 4.78. The van der Waals surface area contributed by atoms with E-state index in [9.17, 15) is 4.79 Å². The van der Waals surface area contributed by atoms with Gasteiger partial charge >= 0.3 is 0 Å². The number of nitrogens with one attached hydrogen (secondary N) is 1. The summed E-state index contributed by atoms with van der Waals surface area (Å²) in [5.74, 6) is 0.461. The molecular weight excluding hydrogens is 280 g/mol. The van der Waals surface area contributed by atoms with Gasteiger partial charge < -0.3 is 5.32 Å². The monoisotopic (exact) mass is 302 g/mol. The van der Waals surface area contributed by atoms with E-state index < -0.39 is 0 Å². The van der Waals surface area contributed by atoms with Crippen LogP contribution in [0.1, 0.15) is 61.8 Å². The lowest BCUT2D eigenvalue weighted by Gasteiger charge is -2.46.